The first-order chi connectivity index (χ1) is 22.1. The second-order valence-electron chi connectivity index (χ2n) is 15.0. The Bertz CT molecular complexity index is 1940. The summed E-state index contributed by atoms with van der Waals surface area (Å²) in [5, 5.41) is 4.61. The van der Waals surface area contributed by atoms with Crippen molar-refractivity contribution >= 4 is 22.6 Å². The van der Waals surface area contributed by atoms with Crippen molar-refractivity contribution in [1.82, 2.24) is 29.2 Å². The molecule has 6 heterocycles. The maximum absolute atomic E-state index is 14.2. The van der Waals surface area contributed by atoms with Crippen LogP contribution in [0.3, 0.4) is 0 Å². The van der Waals surface area contributed by atoms with E-state index in [0.717, 1.165) is 65.3 Å². The lowest BCUT2D eigenvalue weighted by atomic mass is 9.41. The van der Waals surface area contributed by atoms with Crippen molar-refractivity contribution in [3.8, 4) is 17.3 Å². The van der Waals surface area contributed by atoms with E-state index >= 15 is 0 Å². The largest absolute Gasteiger partial charge is 0.482 e. The van der Waals surface area contributed by atoms with E-state index in [0.29, 0.717) is 42.3 Å². The van der Waals surface area contributed by atoms with E-state index in [9.17, 15) is 9.18 Å². The molecule has 4 aliphatic carbocycles. The lowest BCUT2D eigenvalue weighted by Crippen LogP contribution is -2.66. The summed E-state index contributed by atoms with van der Waals surface area (Å²) in [5.41, 5.74) is 12.2. The number of halogens is 1. The predicted octanol–water partition coefficient (Wildman–Crippen LogP) is 5.84. The van der Waals surface area contributed by atoms with Crippen LogP contribution in [0.1, 0.15) is 86.1 Å². The average molecular weight is 624 g/mol. The fourth-order valence-corrected chi connectivity index (χ4v) is 9.09. The van der Waals surface area contributed by atoms with Gasteiger partial charge in [0.25, 0.3) is 5.91 Å². The van der Waals surface area contributed by atoms with Gasteiger partial charge in [0.1, 0.15) is 22.7 Å². The highest BCUT2D eigenvalue weighted by Crippen LogP contribution is 2.72. The molecule has 46 heavy (non-hydrogen) atoms. The van der Waals surface area contributed by atoms with Crippen molar-refractivity contribution in [2.45, 2.75) is 102 Å². The highest BCUT2D eigenvalue weighted by atomic mass is 19.1. The number of carbonyl (C=O) groups excluding carboxylic acids is 1. The fraction of sp³-hybridized carbons (Fsp3) is 0.528. The van der Waals surface area contributed by atoms with Crippen LogP contribution in [0.15, 0.2) is 42.6 Å². The number of nitrogens with two attached hydrogens (primary N) is 1. The summed E-state index contributed by atoms with van der Waals surface area (Å²) in [6, 6.07) is 10.5. The molecular formula is C36H42FN7O2. The Morgan fingerprint density at radius 2 is 1.96 bits per heavy atom. The Morgan fingerprint density at radius 1 is 1.17 bits per heavy atom. The number of rotatable bonds is 9. The second kappa shape index (κ2) is 9.56. The van der Waals surface area contributed by atoms with Crippen LogP contribution in [0.25, 0.3) is 28.1 Å². The van der Waals surface area contributed by atoms with Gasteiger partial charge >= 0.3 is 0 Å². The van der Waals surface area contributed by atoms with E-state index in [-0.39, 0.29) is 35.5 Å². The number of imidazole rings is 1. The first kappa shape index (κ1) is 28.3. The second-order valence-corrected chi connectivity index (χ2v) is 15.0. The third-order valence-electron chi connectivity index (χ3n) is 11.8. The van der Waals surface area contributed by atoms with Crippen LogP contribution in [0.5, 0.6) is 5.88 Å². The third kappa shape index (κ3) is 4.04. The average Bonchev–Trinajstić information content (AvgIpc) is 3.33. The van der Waals surface area contributed by atoms with Gasteiger partial charge in [-0.3, -0.25) is 9.20 Å². The Hall–Kier alpha value is -3.92. The summed E-state index contributed by atoms with van der Waals surface area (Å²) in [5.74, 6) is 1.21. The van der Waals surface area contributed by atoms with Crippen LogP contribution in [0.4, 0.5) is 4.39 Å². The van der Waals surface area contributed by atoms with E-state index in [4.69, 9.17) is 20.4 Å². The minimum atomic E-state index is -0.954. The maximum Gasteiger partial charge on any atom is 0.254 e. The fourth-order valence-electron chi connectivity index (χ4n) is 9.09. The van der Waals surface area contributed by atoms with Crippen LogP contribution in [0.2, 0.25) is 0 Å². The highest BCUT2D eigenvalue weighted by molar-refractivity contribution is 5.96. The Labute approximate surface area is 268 Å². The molecule has 4 aromatic rings. The van der Waals surface area contributed by atoms with Gasteiger partial charge in [-0.15, -0.1) is 0 Å². The van der Waals surface area contributed by atoms with Gasteiger partial charge in [-0.2, -0.15) is 0 Å². The van der Waals surface area contributed by atoms with Crippen LogP contribution in [-0.2, 0) is 6.54 Å². The maximum atomic E-state index is 14.2. The number of fused-ring (bicyclic) bond motifs is 4. The van der Waals surface area contributed by atoms with Crippen molar-refractivity contribution < 1.29 is 13.9 Å². The summed E-state index contributed by atoms with van der Waals surface area (Å²) in [4.78, 5) is 26.2. The van der Waals surface area contributed by atoms with Crippen LogP contribution >= 0.6 is 0 Å². The molecule has 2 aliphatic heterocycles. The molecule has 3 N–H and O–H groups in total. The number of hydrogen-bond donors (Lipinski definition) is 2. The van der Waals surface area contributed by atoms with E-state index < -0.39 is 5.67 Å². The molecule has 0 spiro atoms. The third-order valence-corrected chi connectivity index (χ3v) is 11.8. The van der Waals surface area contributed by atoms with Gasteiger partial charge in [-0.05, 0) is 95.4 Å². The Balaban J connectivity index is 1.08. The molecule has 1 amide bonds. The molecule has 240 valence electrons. The molecule has 0 radical (unpaired) electrons. The SMILES string of the molecule is C=C(N[C@H](C)c1ccc2cc(-c3nc4cc(C(=O)N5[C@H]6CC[C@@H]5[C@H](N)C6)cc(OC)n4c3C)n(CC3CC3)c2n1)C12CC(F)(C1)C2. The molecule has 4 atom stereocenters. The standard InChI is InChI=1S/C36H42FN7O2/c1-19(39-21(3)35-16-36(37,17-35)18-35)27-9-7-23-11-29(42(33(23)40-27)15-22-5-6-22)32-20(2)43-30(41-32)12-24(13-31(43)46-4)34(45)44-25-8-10-28(44)26(38)14-25/h7,9,11-13,19,22,25-26,28,39H,3,5-6,8,10,14-18,38H2,1-2,4H3/t19-,25+,26-,28-,35?,36?/m1/s1. The van der Waals surface area contributed by atoms with E-state index in [1.807, 2.05) is 21.4 Å². The molecule has 0 aromatic carbocycles. The van der Waals surface area contributed by atoms with Crippen molar-refractivity contribution in [3.05, 3.63) is 59.6 Å². The van der Waals surface area contributed by atoms with E-state index in [1.165, 1.54) is 12.8 Å². The molecule has 2 saturated heterocycles. The van der Waals surface area contributed by atoms with Gasteiger partial charge < -0.3 is 25.3 Å². The number of ether oxygens (including phenoxy) is 1. The summed E-state index contributed by atoms with van der Waals surface area (Å²) in [6.45, 7) is 9.32. The van der Waals surface area contributed by atoms with Crippen molar-refractivity contribution in [1.29, 1.82) is 0 Å². The van der Waals surface area contributed by atoms with Gasteiger partial charge in [0.2, 0.25) is 0 Å². The van der Waals surface area contributed by atoms with Gasteiger partial charge in [0, 0.05) is 52.8 Å². The van der Waals surface area contributed by atoms with Crippen molar-refractivity contribution in [2.24, 2.45) is 17.1 Å². The number of aromatic nitrogens is 4. The molecule has 4 saturated carbocycles. The zero-order valence-corrected chi connectivity index (χ0v) is 26.9. The number of methoxy groups -OCH3 is 1. The Morgan fingerprint density at radius 3 is 2.61 bits per heavy atom. The number of pyridine rings is 2. The normalized spacial score (nSPS) is 30.0. The molecule has 10 heteroatoms. The summed E-state index contributed by atoms with van der Waals surface area (Å²) >= 11 is 0. The monoisotopic (exact) mass is 623 g/mol. The van der Waals surface area contributed by atoms with Crippen molar-refractivity contribution in [2.75, 3.05) is 7.11 Å². The molecule has 6 fully saturated rings. The number of nitrogens with zero attached hydrogens (tertiary/aromatic N) is 5. The van der Waals surface area contributed by atoms with Crippen LogP contribution in [0, 0.1) is 18.3 Å². The summed E-state index contributed by atoms with van der Waals surface area (Å²) in [6.07, 6.45) is 7.03. The van der Waals surface area contributed by atoms with Gasteiger partial charge in [-0.25, -0.2) is 14.4 Å². The van der Waals surface area contributed by atoms with Gasteiger partial charge in [0.05, 0.1) is 30.2 Å². The lowest BCUT2D eigenvalue weighted by molar-refractivity contribution is -0.192. The van der Waals surface area contributed by atoms with Crippen LogP contribution in [-0.4, -0.2) is 60.6 Å². The number of nitrogens with one attached hydrogen (secondary N) is 1. The zero-order chi connectivity index (χ0) is 31.7. The minimum Gasteiger partial charge on any atom is -0.482 e. The van der Waals surface area contributed by atoms with E-state index in [2.05, 4.69) is 48.5 Å². The number of aryl methyl sites for hydroxylation is 1. The number of amides is 1. The lowest BCUT2D eigenvalue weighted by Gasteiger charge is -2.66. The van der Waals surface area contributed by atoms with E-state index in [1.54, 1.807) is 7.11 Å². The Kier molecular flexibility index (Phi) is 5.88. The topological polar surface area (TPSA) is 103 Å². The smallest absolute Gasteiger partial charge is 0.254 e. The summed E-state index contributed by atoms with van der Waals surface area (Å²) in [7, 11) is 1.64. The number of alkyl halides is 1. The molecule has 10 rings (SSSR count). The molecule has 4 bridgehead atoms. The zero-order valence-electron chi connectivity index (χ0n) is 26.9. The summed E-state index contributed by atoms with van der Waals surface area (Å²) < 4.78 is 24.4. The highest BCUT2D eigenvalue weighted by Gasteiger charge is 2.70. The number of allylic oxidation sites excluding steroid dienone is 1. The molecule has 4 aromatic heterocycles. The quantitative estimate of drug-likeness (QED) is 0.243. The number of hydrogen-bond acceptors (Lipinski definition) is 6. The first-order valence-corrected chi connectivity index (χ1v) is 16.9. The van der Waals surface area contributed by atoms with Gasteiger partial charge in [-0.1, -0.05) is 6.58 Å². The van der Waals surface area contributed by atoms with Crippen LogP contribution < -0.4 is 15.8 Å². The number of carbonyl (C=O) groups is 1. The molecule has 6 aliphatic rings. The van der Waals surface area contributed by atoms with Gasteiger partial charge in [0.15, 0.2) is 5.88 Å². The molecule has 9 nitrogen and oxygen atoms in total. The first-order valence-electron chi connectivity index (χ1n) is 16.9. The predicted molar refractivity (Wildman–Crippen MR) is 174 cm³/mol. The van der Waals surface area contributed by atoms with Crippen molar-refractivity contribution in [3.63, 3.8) is 0 Å². The molecular weight excluding hydrogens is 581 g/mol. The minimum absolute atomic E-state index is 0.00618. The molecule has 0 unspecified atom stereocenters.